The van der Waals surface area contributed by atoms with Gasteiger partial charge in [0.05, 0.1) is 0 Å². The monoisotopic (exact) mass is 420 g/mol. The number of hydrogen-bond acceptors (Lipinski definition) is 4. The predicted molar refractivity (Wildman–Crippen MR) is 99.7 cm³/mol. The Labute approximate surface area is 156 Å². The Morgan fingerprint density at radius 2 is 1.92 bits per heavy atom. The number of carbonyl (C=O) groups is 2. The van der Waals surface area contributed by atoms with Crippen LogP contribution in [0.25, 0.3) is 10.9 Å². The lowest BCUT2D eigenvalue weighted by Gasteiger charge is -2.11. The van der Waals surface area contributed by atoms with Crippen molar-refractivity contribution in [3.05, 3.63) is 59.1 Å². The van der Waals surface area contributed by atoms with E-state index in [2.05, 4.69) is 32.1 Å². The van der Waals surface area contributed by atoms with Crippen LogP contribution in [-0.2, 0) is 11.3 Å². The second kappa shape index (κ2) is 7.49. The van der Waals surface area contributed by atoms with Gasteiger partial charge in [-0.25, -0.2) is 0 Å². The average Bonchev–Trinajstić information content (AvgIpc) is 3.20. The van der Waals surface area contributed by atoms with Crippen LogP contribution in [0, 0.1) is 0 Å². The molecule has 9 heteroatoms. The zero-order valence-corrected chi connectivity index (χ0v) is 15.2. The molecule has 7 nitrogen and oxygen atoms in total. The molecular weight excluding hydrogens is 408 g/mol. The van der Waals surface area contributed by atoms with Gasteiger partial charge in [-0.05, 0) is 57.8 Å². The Balaban J connectivity index is 1.50. The maximum Gasteiger partial charge on any atom is 0.293 e. The number of carbonyl (C=O) groups excluding carboxylic acids is 2. The first-order valence-electron chi connectivity index (χ1n) is 7.22. The van der Waals surface area contributed by atoms with E-state index in [9.17, 15) is 9.59 Å². The van der Waals surface area contributed by atoms with Gasteiger partial charge in [0.25, 0.3) is 11.8 Å². The second-order valence-corrected chi connectivity index (χ2v) is 6.25. The van der Waals surface area contributed by atoms with Crippen molar-refractivity contribution in [3.63, 3.8) is 0 Å². The Morgan fingerprint density at radius 1 is 1.12 bits per heavy atom. The summed E-state index contributed by atoms with van der Waals surface area (Å²) in [5.41, 5.74) is 5.88. The molecule has 0 unspecified atom stereocenters. The second-order valence-electron chi connectivity index (χ2n) is 5.06. The Bertz CT molecular complexity index is 950. The van der Waals surface area contributed by atoms with Crippen LogP contribution in [0.5, 0.6) is 0 Å². The first kappa shape index (κ1) is 17.2. The van der Waals surface area contributed by atoms with Gasteiger partial charge in [0, 0.05) is 11.7 Å². The molecule has 2 aromatic heterocycles. The largest absolute Gasteiger partial charge is 0.444 e. The van der Waals surface area contributed by atoms with Crippen LogP contribution in [0.2, 0.25) is 0 Å². The van der Waals surface area contributed by atoms with E-state index in [0.717, 1.165) is 10.9 Å². The Hall–Kier alpha value is -2.65. The molecule has 128 valence electrons. The third kappa shape index (κ3) is 4.25. The molecule has 2 amide bonds. The van der Waals surface area contributed by atoms with Crippen LogP contribution >= 0.6 is 28.1 Å². The van der Waals surface area contributed by atoms with Crippen LogP contribution in [0.3, 0.4) is 0 Å². The van der Waals surface area contributed by atoms with Crippen molar-refractivity contribution < 1.29 is 14.0 Å². The summed E-state index contributed by atoms with van der Waals surface area (Å²) in [4.78, 5) is 23.9. The molecular formula is C16H13BrN4O3S. The van der Waals surface area contributed by atoms with E-state index >= 15 is 0 Å². The van der Waals surface area contributed by atoms with Crippen molar-refractivity contribution in [2.24, 2.45) is 0 Å². The highest BCUT2D eigenvalue weighted by Gasteiger charge is 2.12. The van der Waals surface area contributed by atoms with Crippen molar-refractivity contribution in [1.82, 2.24) is 20.7 Å². The molecule has 0 aliphatic carbocycles. The van der Waals surface area contributed by atoms with E-state index in [1.165, 1.54) is 6.07 Å². The maximum atomic E-state index is 12.0. The lowest BCUT2D eigenvalue weighted by molar-refractivity contribution is -0.122. The lowest BCUT2D eigenvalue weighted by Crippen LogP contribution is -2.49. The van der Waals surface area contributed by atoms with Gasteiger partial charge in [-0.1, -0.05) is 18.2 Å². The number of halogens is 1. The normalized spacial score (nSPS) is 10.4. The molecule has 3 aromatic rings. The molecule has 0 bridgehead atoms. The highest BCUT2D eigenvalue weighted by molar-refractivity contribution is 9.10. The van der Waals surface area contributed by atoms with Crippen LogP contribution in [0.15, 0.2) is 57.7 Å². The number of thiocarbonyl (C=S) groups is 1. The molecule has 0 spiro atoms. The molecule has 2 heterocycles. The third-order valence-corrected chi connectivity index (χ3v) is 3.96. The molecule has 0 radical (unpaired) electrons. The molecule has 1 aromatic carbocycles. The van der Waals surface area contributed by atoms with E-state index < -0.39 is 5.91 Å². The number of amides is 2. The number of hydrogen-bond donors (Lipinski definition) is 3. The summed E-state index contributed by atoms with van der Waals surface area (Å²) in [6.45, 7) is 0.113. The predicted octanol–water partition coefficient (Wildman–Crippen LogP) is 2.33. The maximum absolute atomic E-state index is 12.0. The van der Waals surface area contributed by atoms with Gasteiger partial charge in [0.15, 0.2) is 15.5 Å². The number of nitrogens with one attached hydrogen (secondary N) is 3. The Kier molecular flexibility index (Phi) is 5.15. The van der Waals surface area contributed by atoms with Gasteiger partial charge in [-0.15, -0.1) is 0 Å². The number of fused-ring (bicyclic) bond motifs is 1. The lowest BCUT2D eigenvalue weighted by atomic mass is 10.2. The van der Waals surface area contributed by atoms with Crippen LogP contribution < -0.4 is 16.2 Å². The zero-order chi connectivity index (χ0) is 17.8. The first-order valence-corrected chi connectivity index (χ1v) is 8.42. The minimum absolute atomic E-state index is 0.0387. The van der Waals surface area contributed by atoms with E-state index in [1.54, 1.807) is 6.07 Å². The number of aromatic nitrogens is 1. The fourth-order valence-electron chi connectivity index (χ4n) is 2.23. The van der Waals surface area contributed by atoms with Crippen molar-refractivity contribution in [2.75, 3.05) is 0 Å². The highest BCUT2D eigenvalue weighted by Crippen LogP contribution is 2.15. The van der Waals surface area contributed by atoms with E-state index in [4.69, 9.17) is 16.6 Å². The smallest absolute Gasteiger partial charge is 0.293 e. The highest BCUT2D eigenvalue weighted by atomic mass is 79.9. The summed E-state index contributed by atoms with van der Waals surface area (Å²) < 4.78 is 7.36. The van der Waals surface area contributed by atoms with Gasteiger partial charge in [-0.3, -0.25) is 25.8 Å². The summed E-state index contributed by atoms with van der Waals surface area (Å²) in [6, 6.07) is 12.8. The molecule has 3 rings (SSSR count). The SMILES string of the molecule is O=C(Cn1ccc2ccccc21)NNC(=S)NC(=O)c1ccc(Br)o1. The van der Waals surface area contributed by atoms with Gasteiger partial charge in [0.2, 0.25) is 0 Å². The molecule has 0 atom stereocenters. The molecule has 0 fully saturated rings. The molecule has 25 heavy (non-hydrogen) atoms. The standard InChI is InChI=1S/C16H13BrN4O3S/c17-13-6-5-12(24-13)15(23)18-16(25)20-19-14(22)9-21-8-7-10-3-1-2-4-11(10)21/h1-8H,9H2,(H,19,22)(H2,18,20,23,25). The molecule has 0 aliphatic rings. The fourth-order valence-corrected chi connectivity index (χ4v) is 2.68. The minimum atomic E-state index is -0.520. The average molecular weight is 421 g/mol. The molecule has 0 saturated carbocycles. The number of rotatable bonds is 3. The van der Waals surface area contributed by atoms with Crippen molar-refractivity contribution in [1.29, 1.82) is 0 Å². The van der Waals surface area contributed by atoms with Gasteiger partial charge in [-0.2, -0.15) is 0 Å². The third-order valence-electron chi connectivity index (χ3n) is 3.33. The summed E-state index contributed by atoms with van der Waals surface area (Å²) >= 11 is 8.07. The number of benzene rings is 1. The molecule has 0 aliphatic heterocycles. The van der Waals surface area contributed by atoms with Crippen molar-refractivity contribution in [3.8, 4) is 0 Å². The van der Waals surface area contributed by atoms with E-state index in [1.807, 2.05) is 41.1 Å². The van der Waals surface area contributed by atoms with E-state index in [-0.39, 0.29) is 23.3 Å². The van der Waals surface area contributed by atoms with E-state index in [0.29, 0.717) is 4.67 Å². The quantitative estimate of drug-likeness (QED) is 0.447. The van der Waals surface area contributed by atoms with Crippen molar-refractivity contribution in [2.45, 2.75) is 6.54 Å². The molecule has 3 N–H and O–H groups in total. The van der Waals surface area contributed by atoms with Gasteiger partial charge in [0.1, 0.15) is 6.54 Å². The molecule has 0 saturated heterocycles. The van der Waals surface area contributed by atoms with Crippen LogP contribution in [0.4, 0.5) is 0 Å². The van der Waals surface area contributed by atoms with Gasteiger partial charge >= 0.3 is 0 Å². The van der Waals surface area contributed by atoms with Crippen LogP contribution in [-0.4, -0.2) is 21.5 Å². The first-order chi connectivity index (χ1) is 12.0. The minimum Gasteiger partial charge on any atom is -0.444 e. The van der Waals surface area contributed by atoms with Crippen LogP contribution in [0.1, 0.15) is 10.6 Å². The summed E-state index contributed by atoms with van der Waals surface area (Å²) in [5, 5.41) is 3.41. The number of nitrogens with zero attached hydrogens (tertiary/aromatic N) is 1. The summed E-state index contributed by atoms with van der Waals surface area (Å²) in [7, 11) is 0. The number of para-hydroxylation sites is 1. The number of hydrazine groups is 1. The van der Waals surface area contributed by atoms with Gasteiger partial charge < -0.3 is 8.98 Å². The van der Waals surface area contributed by atoms with Crippen molar-refractivity contribution >= 4 is 56.0 Å². The summed E-state index contributed by atoms with van der Waals surface area (Å²) in [5.74, 6) is -0.728. The number of furan rings is 1. The fraction of sp³-hybridized carbons (Fsp3) is 0.0625. The zero-order valence-electron chi connectivity index (χ0n) is 12.8. The topological polar surface area (TPSA) is 88.3 Å². The summed E-state index contributed by atoms with van der Waals surface area (Å²) in [6.07, 6.45) is 1.83. The Morgan fingerprint density at radius 3 is 2.68 bits per heavy atom.